The van der Waals surface area contributed by atoms with Crippen LogP contribution in [0.25, 0.3) is 10.9 Å². The van der Waals surface area contributed by atoms with Crippen LogP contribution in [0.15, 0.2) is 150 Å². The van der Waals surface area contributed by atoms with Crippen molar-refractivity contribution >= 4 is 102 Å². The summed E-state index contributed by atoms with van der Waals surface area (Å²) < 4.78 is 123. The number of esters is 3. The van der Waals surface area contributed by atoms with E-state index in [9.17, 15) is 83.7 Å². The summed E-state index contributed by atoms with van der Waals surface area (Å²) in [5.74, 6) is -8.73. The minimum Gasteiger partial charge on any atom is -0.494 e. The number of aryl methyl sites for hydroxylation is 3. The highest BCUT2D eigenvalue weighted by molar-refractivity contribution is 8.19. The first-order valence-electron chi connectivity index (χ1n) is 40.5. The van der Waals surface area contributed by atoms with Crippen LogP contribution in [0.5, 0.6) is 5.75 Å². The number of nitrogens with zero attached hydrogens (tertiary/aromatic N) is 7. The van der Waals surface area contributed by atoms with Crippen molar-refractivity contribution < 1.29 is 103 Å². The second-order valence-electron chi connectivity index (χ2n) is 33.3. The average molecular weight is 1800 g/mol. The normalized spacial score (nSPS) is 15.0. The first-order valence-corrected chi connectivity index (χ1v) is 45.3. The van der Waals surface area contributed by atoms with E-state index in [1.165, 1.54) is 37.1 Å². The van der Waals surface area contributed by atoms with Crippen molar-refractivity contribution in [3.63, 3.8) is 0 Å². The lowest BCUT2D eigenvalue weighted by Gasteiger charge is -2.38. The zero-order chi connectivity index (χ0) is 92.0. The molecule has 1 aliphatic rings. The maximum atomic E-state index is 14.2. The molecule has 0 radical (unpaired) electrons. The summed E-state index contributed by atoms with van der Waals surface area (Å²) in [5, 5.41) is 15.7. The molecule has 6 amide bonds. The number of benzene rings is 5. The second kappa shape index (κ2) is 44.0. The van der Waals surface area contributed by atoms with Crippen molar-refractivity contribution in [2.75, 3.05) is 122 Å². The molecule has 0 aliphatic carbocycles. The van der Waals surface area contributed by atoms with E-state index >= 15 is 0 Å². The molecule has 125 heavy (non-hydrogen) atoms. The number of hydrogen-bond acceptors (Lipinski definition) is 28. The molecule has 0 spiro atoms. The molecule has 1 fully saturated rings. The lowest BCUT2D eigenvalue weighted by Crippen LogP contribution is -2.58. The Kier molecular flexibility index (Phi) is 35.2. The fourth-order valence-corrected chi connectivity index (χ4v) is 17.1. The van der Waals surface area contributed by atoms with Gasteiger partial charge < -0.3 is 92.4 Å². The summed E-state index contributed by atoms with van der Waals surface area (Å²) in [6.07, 6.45) is 4.29. The number of aromatic nitrogens is 3. The van der Waals surface area contributed by atoms with E-state index in [2.05, 4.69) is 77.6 Å². The quantitative estimate of drug-likeness (QED) is 0.00840. The number of methoxy groups -OCH3 is 1. The summed E-state index contributed by atoms with van der Waals surface area (Å²) in [4.78, 5) is 147. The number of anilines is 1. The van der Waals surface area contributed by atoms with Gasteiger partial charge in [-0.2, -0.15) is 4.72 Å². The minimum atomic E-state index is -4.62. The van der Waals surface area contributed by atoms with Gasteiger partial charge in [0.15, 0.2) is 0 Å². The zero-order valence-corrected chi connectivity index (χ0v) is 75.1. The molecule has 3 heterocycles. The van der Waals surface area contributed by atoms with Crippen LogP contribution < -0.4 is 46.8 Å². The fraction of sp³-hybridized carbons (Fsp3) is 0.471. The van der Waals surface area contributed by atoms with Gasteiger partial charge in [-0.3, -0.25) is 62.4 Å². The third-order valence-electron chi connectivity index (χ3n) is 19.5. The molecule has 1 aliphatic heterocycles. The molecule has 0 saturated carbocycles. The van der Waals surface area contributed by atoms with E-state index in [1.807, 2.05) is 66.9 Å². The number of ether oxygens (including phenoxy) is 5. The third-order valence-corrected chi connectivity index (χ3v) is 22.8. The van der Waals surface area contributed by atoms with Gasteiger partial charge in [0.25, 0.3) is 5.91 Å². The summed E-state index contributed by atoms with van der Waals surface area (Å²) in [6.45, 7) is 16.9. The number of pyridine rings is 1. The predicted molar refractivity (Wildman–Crippen MR) is 472 cm³/mol. The number of sulfonamides is 1. The Bertz CT molecular complexity index is 4950. The highest BCUT2D eigenvalue weighted by Crippen LogP contribution is 2.43. The van der Waals surface area contributed by atoms with Crippen molar-refractivity contribution in [3.05, 3.63) is 189 Å². The van der Waals surface area contributed by atoms with Gasteiger partial charge in [-0.15, -0.1) is 0 Å². The summed E-state index contributed by atoms with van der Waals surface area (Å²) in [6, 6.07) is 32.8. The Morgan fingerprint density at radius 3 is 1.55 bits per heavy atom. The van der Waals surface area contributed by atoms with Crippen LogP contribution in [-0.2, 0) is 81.7 Å². The molecular formula is C85H118N14O23S3. The van der Waals surface area contributed by atoms with E-state index in [-0.39, 0.29) is 137 Å². The van der Waals surface area contributed by atoms with E-state index in [0.29, 0.717) is 11.5 Å². The lowest BCUT2D eigenvalue weighted by atomic mass is 9.76. The number of imidazole rings is 1. The Morgan fingerprint density at radius 1 is 0.568 bits per heavy atom. The van der Waals surface area contributed by atoms with Crippen LogP contribution in [-0.4, -0.2) is 275 Å². The maximum absolute atomic E-state index is 14.2. The maximum Gasteiger partial charge on any atom is 0.410 e. The van der Waals surface area contributed by atoms with Crippen LogP contribution in [0, 0.1) is 13.8 Å². The molecule has 40 heteroatoms. The number of hydrogen-bond donors (Lipinski definition) is 13. The molecular weight excluding hydrogens is 1680 g/mol. The Balaban J connectivity index is 0.828. The SMILES string of the molecule is COC(=O)[C@H](CNC(=O)c1cn(C)c2cc(CNc3nccn3C(c3ccccc3)(c3ccccc3)c3ccccc3)ccc2c1=O)NS(=O)(=O)c1c(C)cc(OCCCC(=O)NCCNC(=O)[C@H](CS(O)(O)O)NC(=O)[C@H](CS(O)(O)O)NC(=O)CN2CCN(CC(=O)OC(C)(C)C)CCN(CC(=O)OC(C)(C)C)CCN(C(=O)OC(C)(C)C)CC2)cc1C. The largest absolute Gasteiger partial charge is 0.494 e. The van der Waals surface area contributed by atoms with Crippen LogP contribution >= 0.6 is 21.7 Å². The van der Waals surface area contributed by atoms with E-state index in [0.717, 1.165) is 29.4 Å². The smallest absolute Gasteiger partial charge is 0.410 e. The molecule has 2 aromatic heterocycles. The van der Waals surface area contributed by atoms with Crippen LogP contribution in [0.4, 0.5) is 10.7 Å². The molecule has 8 rings (SSSR count). The summed E-state index contributed by atoms with van der Waals surface area (Å²) in [5.41, 5.74) is 0.351. The molecule has 13 N–H and O–H groups in total. The van der Waals surface area contributed by atoms with Gasteiger partial charge in [-0.05, 0) is 140 Å². The number of carbonyl (C=O) groups is 9. The van der Waals surface area contributed by atoms with Gasteiger partial charge in [-0.1, -0.05) is 97.1 Å². The Morgan fingerprint density at radius 2 is 1.06 bits per heavy atom. The van der Waals surface area contributed by atoms with Gasteiger partial charge in [-0.25, -0.2) is 18.2 Å². The number of fused-ring (bicyclic) bond motifs is 1. The molecule has 0 unspecified atom stereocenters. The highest BCUT2D eigenvalue weighted by Gasteiger charge is 2.41. The van der Waals surface area contributed by atoms with Crippen molar-refractivity contribution in [1.29, 1.82) is 0 Å². The van der Waals surface area contributed by atoms with Gasteiger partial charge in [0.2, 0.25) is 45.0 Å². The standard InChI is InChI=1S/C85H118N14O23S3/c1-57-46-63(47-58(2)75(57)125(116,117)93-66(79(108)118-13)50-89-76(105)65-51-94(12)69-48-59(31-32-64(69)74(65)104)49-90-80-88-35-36-99(80)85(60-24-17-14-18-25-60,61-26-19-15-20-27-61)62-28-21-16-22-29-62)119-45-23-30-70(100)86-33-34-87-77(106)67(55-123(110,111)112)92-78(107)68(56-124(113,114)115)91-71(101)52-95-37-38-96(53-72(102)120-82(3,4)5)39-40-97(54-73(103)121-83(6,7)8)42-44-98(43-41-95)81(109)122-84(9,10)11/h14-22,24-29,31-32,35-36,46-48,51,66-68,93,110-115H,23,30,33-34,37-45,49-50,52-56H2,1-13H3,(H,86,100)(H,87,106)(H,88,90)(H,89,105)(H,91,101)(H,92,107)/t66-,67-,68-/m0/s1. The van der Waals surface area contributed by atoms with Gasteiger partial charge in [0.05, 0.1) is 77.0 Å². The highest BCUT2D eigenvalue weighted by atomic mass is 32.3. The molecule has 5 aromatic carbocycles. The summed E-state index contributed by atoms with van der Waals surface area (Å²) >= 11 is 0. The number of rotatable bonds is 36. The molecule has 37 nitrogen and oxygen atoms in total. The van der Waals surface area contributed by atoms with Crippen LogP contribution in [0.1, 0.15) is 119 Å². The lowest BCUT2D eigenvalue weighted by molar-refractivity contribution is -0.158. The Hall–Kier alpha value is -10.6. The fourth-order valence-electron chi connectivity index (χ4n) is 14.1. The number of nitrogens with one attached hydrogen (secondary N) is 7. The van der Waals surface area contributed by atoms with E-state index < -0.39 is 156 Å². The minimum absolute atomic E-state index is 0.0139. The summed E-state index contributed by atoms with van der Waals surface area (Å²) in [7, 11) is -11.1. The third kappa shape index (κ3) is 30.6. The molecule has 0 bridgehead atoms. The molecule has 7 aromatic rings. The second-order valence-corrected chi connectivity index (χ2v) is 38.1. The van der Waals surface area contributed by atoms with Crippen LogP contribution in [0.2, 0.25) is 0 Å². The monoisotopic (exact) mass is 1800 g/mol. The first kappa shape index (κ1) is 99.8. The van der Waals surface area contributed by atoms with Crippen molar-refractivity contribution in [2.45, 2.75) is 141 Å². The van der Waals surface area contributed by atoms with E-state index in [4.69, 9.17) is 28.7 Å². The van der Waals surface area contributed by atoms with Crippen molar-refractivity contribution in [3.8, 4) is 5.75 Å². The van der Waals surface area contributed by atoms with Crippen LogP contribution in [0.3, 0.4) is 0 Å². The van der Waals surface area contributed by atoms with E-state index in [1.54, 1.807) is 107 Å². The molecule has 1 saturated heterocycles. The predicted octanol–water partition coefficient (Wildman–Crippen LogP) is 6.70. The van der Waals surface area contributed by atoms with Gasteiger partial charge in [0.1, 0.15) is 51.8 Å². The topological polar surface area (TPSA) is 492 Å². The van der Waals surface area contributed by atoms with Gasteiger partial charge >= 0.3 is 24.0 Å². The first-order chi connectivity index (χ1) is 58.6. The van der Waals surface area contributed by atoms with Crippen molar-refractivity contribution in [2.24, 2.45) is 7.05 Å². The molecule has 3 atom stereocenters. The number of amides is 6. The zero-order valence-electron chi connectivity index (χ0n) is 72.6. The Labute approximate surface area is 730 Å². The van der Waals surface area contributed by atoms with Crippen molar-refractivity contribution in [1.82, 2.24) is 65.0 Å². The number of carbonyl (C=O) groups excluding carboxylic acids is 9. The van der Waals surface area contributed by atoms with Gasteiger partial charge in [0, 0.05) is 116 Å². The molecule has 684 valence electrons. The average Bonchev–Trinajstić information content (AvgIpc) is 1.09.